The predicted molar refractivity (Wildman–Crippen MR) is 139 cm³/mol. The molecule has 0 atom stereocenters. The van der Waals surface area contributed by atoms with E-state index in [1.807, 2.05) is 6.07 Å². The van der Waals surface area contributed by atoms with Gasteiger partial charge in [0.25, 0.3) is 6.43 Å². The van der Waals surface area contributed by atoms with E-state index >= 15 is 0 Å². The van der Waals surface area contributed by atoms with Gasteiger partial charge >= 0.3 is 6.09 Å². The van der Waals surface area contributed by atoms with Crippen molar-refractivity contribution in [2.24, 2.45) is 5.92 Å². The highest BCUT2D eigenvalue weighted by atomic mass is 19.3. The second-order valence-electron chi connectivity index (χ2n) is 9.55. The van der Waals surface area contributed by atoms with Crippen LogP contribution in [0.25, 0.3) is 16.9 Å². The average Bonchev–Trinajstić information content (AvgIpc) is 3.60. The van der Waals surface area contributed by atoms with E-state index in [2.05, 4.69) is 30.2 Å². The fourth-order valence-electron chi connectivity index (χ4n) is 4.98. The van der Waals surface area contributed by atoms with Gasteiger partial charge in [-0.25, -0.2) is 18.6 Å². The normalized spacial score (nSPS) is 18.2. The van der Waals surface area contributed by atoms with E-state index in [9.17, 15) is 13.6 Å². The number of benzene rings is 1. The zero-order chi connectivity index (χ0) is 26.3. The summed E-state index contributed by atoms with van der Waals surface area (Å²) >= 11 is 0. The van der Waals surface area contributed by atoms with E-state index in [-0.39, 0.29) is 11.9 Å². The summed E-state index contributed by atoms with van der Waals surface area (Å²) in [4.78, 5) is 25.6. The van der Waals surface area contributed by atoms with E-state index < -0.39 is 6.43 Å². The summed E-state index contributed by atoms with van der Waals surface area (Å²) in [6.45, 7) is 4.60. The molecule has 1 amide bonds. The molecule has 3 aromatic rings. The average molecular weight is 530 g/mol. The van der Waals surface area contributed by atoms with Crippen molar-refractivity contribution in [3.8, 4) is 5.82 Å². The van der Waals surface area contributed by atoms with Crippen LogP contribution in [0.2, 0.25) is 0 Å². The van der Waals surface area contributed by atoms with E-state index in [4.69, 9.17) is 9.72 Å². The number of alkyl carbamates (subject to hydrolysis) is 1. The highest BCUT2D eigenvalue weighted by Crippen LogP contribution is 2.30. The van der Waals surface area contributed by atoms with Gasteiger partial charge in [-0.05, 0) is 30.9 Å². The standard InChI is InChI=1S/C23H28F2N6O.C3H5NO2/c24-21(25)22-27-17-8-4-5-9-18(17)31(22)20-14-19(30-10-12-32-13-11-30)28-23(29-20)26-15-16-6-2-1-3-7-16;5-3-4-1-2-6-3/h4-5,8-9,14,16,21H,1-3,6-7,10-13,15H2,(H,26,28,29);1-2H2,(H,4,5). The fourth-order valence-corrected chi connectivity index (χ4v) is 4.98. The largest absolute Gasteiger partial charge is 0.448 e. The molecule has 204 valence electrons. The monoisotopic (exact) mass is 529 g/mol. The zero-order valence-electron chi connectivity index (χ0n) is 21.2. The third-order valence-electron chi connectivity index (χ3n) is 6.92. The number of nitrogens with zero attached hydrogens (tertiary/aromatic N) is 5. The van der Waals surface area contributed by atoms with E-state index in [1.54, 1.807) is 24.3 Å². The molecule has 4 heterocycles. The lowest BCUT2D eigenvalue weighted by molar-refractivity contribution is 0.122. The Morgan fingerprint density at radius 2 is 1.79 bits per heavy atom. The Labute approximate surface area is 219 Å². The molecule has 12 heteroatoms. The molecule has 0 radical (unpaired) electrons. The quantitative estimate of drug-likeness (QED) is 0.487. The number of nitrogens with one attached hydrogen (secondary N) is 2. The van der Waals surface area contributed by atoms with Crippen LogP contribution >= 0.6 is 0 Å². The fraction of sp³-hybridized carbons (Fsp3) is 0.538. The Morgan fingerprint density at radius 3 is 2.47 bits per heavy atom. The van der Waals surface area contributed by atoms with Crippen molar-refractivity contribution in [1.29, 1.82) is 0 Å². The smallest absolute Gasteiger partial charge is 0.407 e. The van der Waals surface area contributed by atoms with Crippen LogP contribution in [0.1, 0.15) is 44.4 Å². The van der Waals surface area contributed by atoms with Crippen molar-refractivity contribution < 1.29 is 23.0 Å². The molecule has 3 fully saturated rings. The van der Waals surface area contributed by atoms with Crippen molar-refractivity contribution in [2.75, 3.05) is 56.2 Å². The van der Waals surface area contributed by atoms with Crippen LogP contribution in [0.4, 0.5) is 25.3 Å². The minimum absolute atomic E-state index is 0.296. The molecule has 2 saturated heterocycles. The highest BCUT2D eigenvalue weighted by Gasteiger charge is 2.23. The Hall–Kier alpha value is -3.54. The van der Waals surface area contributed by atoms with Gasteiger partial charge < -0.3 is 25.0 Å². The predicted octanol–water partition coefficient (Wildman–Crippen LogP) is 4.31. The summed E-state index contributed by atoms with van der Waals surface area (Å²) in [7, 11) is 0. The van der Waals surface area contributed by atoms with Gasteiger partial charge in [-0.15, -0.1) is 0 Å². The van der Waals surface area contributed by atoms with Crippen molar-refractivity contribution in [3.05, 3.63) is 36.2 Å². The van der Waals surface area contributed by atoms with Crippen molar-refractivity contribution in [1.82, 2.24) is 24.8 Å². The number of hydrogen-bond donors (Lipinski definition) is 2. The lowest BCUT2D eigenvalue weighted by atomic mass is 9.89. The van der Waals surface area contributed by atoms with Gasteiger partial charge in [-0.1, -0.05) is 31.4 Å². The van der Waals surface area contributed by atoms with Gasteiger partial charge in [0.15, 0.2) is 5.82 Å². The van der Waals surface area contributed by atoms with Crippen LogP contribution in [-0.4, -0.2) is 71.6 Å². The lowest BCUT2D eigenvalue weighted by Gasteiger charge is -2.28. The number of cyclic esters (lactones) is 1. The summed E-state index contributed by atoms with van der Waals surface area (Å²) in [5.74, 6) is 1.86. The maximum Gasteiger partial charge on any atom is 0.407 e. The molecule has 38 heavy (non-hydrogen) atoms. The zero-order valence-corrected chi connectivity index (χ0v) is 21.2. The van der Waals surface area contributed by atoms with Crippen LogP contribution in [0.3, 0.4) is 0 Å². The van der Waals surface area contributed by atoms with E-state index in [0.717, 1.165) is 6.54 Å². The SMILES string of the molecule is FC(F)c1nc2ccccc2n1-c1cc(N2CCOCC2)nc(NCC2CCCCC2)n1.O=C1NCCO1. The number of morpholine rings is 1. The molecule has 0 bridgehead atoms. The van der Waals surface area contributed by atoms with Crippen molar-refractivity contribution in [2.45, 2.75) is 38.5 Å². The first-order valence-electron chi connectivity index (χ1n) is 13.2. The van der Waals surface area contributed by atoms with Gasteiger partial charge in [-0.3, -0.25) is 4.57 Å². The number of aromatic nitrogens is 4. The minimum Gasteiger partial charge on any atom is -0.448 e. The molecule has 1 aliphatic carbocycles. The molecular weight excluding hydrogens is 496 g/mol. The molecule has 10 nitrogen and oxygen atoms in total. The molecule has 2 aromatic heterocycles. The third-order valence-corrected chi connectivity index (χ3v) is 6.92. The molecule has 0 unspecified atom stereocenters. The molecular formula is C26H33F2N7O3. The second kappa shape index (κ2) is 12.3. The van der Waals surface area contributed by atoms with Gasteiger partial charge in [-0.2, -0.15) is 9.97 Å². The molecule has 0 spiro atoms. The van der Waals surface area contributed by atoms with E-state index in [0.29, 0.717) is 74.0 Å². The van der Waals surface area contributed by atoms with Gasteiger partial charge in [0, 0.05) is 25.7 Å². The van der Waals surface area contributed by atoms with Crippen LogP contribution in [0.15, 0.2) is 30.3 Å². The lowest BCUT2D eigenvalue weighted by Crippen LogP contribution is -2.37. The molecule has 3 aliphatic rings. The summed E-state index contributed by atoms with van der Waals surface area (Å²) in [5, 5.41) is 5.85. The number of para-hydroxylation sites is 2. The third kappa shape index (κ3) is 6.29. The number of carbonyl (C=O) groups excluding carboxylic acids is 1. The number of fused-ring (bicyclic) bond motifs is 1. The van der Waals surface area contributed by atoms with Crippen LogP contribution in [0.5, 0.6) is 0 Å². The number of ether oxygens (including phenoxy) is 2. The minimum atomic E-state index is -2.72. The first-order chi connectivity index (χ1) is 18.6. The number of halogens is 2. The first kappa shape index (κ1) is 26.1. The summed E-state index contributed by atoms with van der Waals surface area (Å²) in [6, 6.07) is 8.92. The Balaban J connectivity index is 0.000000433. The highest BCUT2D eigenvalue weighted by molar-refractivity contribution is 5.78. The molecule has 2 aliphatic heterocycles. The molecule has 1 aromatic carbocycles. The second-order valence-corrected chi connectivity index (χ2v) is 9.55. The molecule has 6 rings (SSSR count). The van der Waals surface area contributed by atoms with Gasteiger partial charge in [0.05, 0.1) is 30.8 Å². The van der Waals surface area contributed by atoms with Gasteiger partial charge in [0.1, 0.15) is 18.2 Å². The number of imidazole rings is 1. The maximum atomic E-state index is 13.9. The summed E-state index contributed by atoms with van der Waals surface area (Å²) in [6.07, 6.45) is 3.19. The molecule has 1 saturated carbocycles. The van der Waals surface area contributed by atoms with Gasteiger partial charge in [0.2, 0.25) is 5.95 Å². The summed E-state index contributed by atoms with van der Waals surface area (Å²) < 4.78 is 39.2. The number of carbonyl (C=O) groups is 1. The van der Waals surface area contributed by atoms with Crippen LogP contribution in [0, 0.1) is 5.92 Å². The molecule has 2 N–H and O–H groups in total. The van der Waals surface area contributed by atoms with Crippen LogP contribution < -0.4 is 15.5 Å². The topological polar surface area (TPSA) is 106 Å². The number of alkyl halides is 2. The van der Waals surface area contributed by atoms with Crippen LogP contribution in [-0.2, 0) is 9.47 Å². The summed E-state index contributed by atoms with van der Waals surface area (Å²) in [5.41, 5.74) is 1.12. The first-order valence-corrected chi connectivity index (χ1v) is 13.2. The number of rotatable bonds is 6. The van der Waals surface area contributed by atoms with Crippen molar-refractivity contribution >= 4 is 28.9 Å². The maximum absolute atomic E-state index is 13.9. The number of anilines is 2. The Kier molecular flexibility index (Phi) is 8.47. The van der Waals surface area contributed by atoms with Crippen molar-refractivity contribution in [3.63, 3.8) is 0 Å². The Bertz CT molecular complexity index is 1220. The van der Waals surface area contributed by atoms with E-state index in [1.165, 1.54) is 36.7 Å². The number of hydrogen-bond acceptors (Lipinski definition) is 8. The number of amides is 1. The Morgan fingerprint density at radius 1 is 1.03 bits per heavy atom.